The highest BCUT2D eigenvalue weighted by Crippen LogP contribution is 2.14. The summed E-state index contributed by atoms with van der Waals surface area (Å²) in [6.45, 7) is 15.5. The Labute approximate surface area is 133 Å². The monoisotopic (exact) mass is 288 g/mol. The van der Waals surface area contributed by atoms with Gasteiger partial charge in [-0.2, -0.15) is 0 Å². The zero-order valence-corrected chi connectivity index (χ0v) is 15.5. The number of hydrogen-bond donors (Lipinski definition) is 0. The molecule has 0 radical (unpaired) electrons. The molecule has 0 aromatic rings. The van der Waals surface area contributed by atoms with Gasteiger partial charge < -0.3 is 0 Å². The van der Waals surface area contributed by atoms with Crippen LogP contribution < -0.4 is 0 Å². The van der Waals surface area contributed by atoms with Crippen LogP contribution in [0.1, 0.15) is 87.0 Å². The lowest BCUT2D eigenvalue weighted by molar-refractivity contribution is 0.895. The van der Waals surface area contributed by atoms with Gasteiger partial charge in [0.1, 0.15) is 0 Å². The first-order valence-electron chi connectivity index (χ1n) is 8.40. The second-order valence-corrected chi connectivity index (χ2v) is 6.78. The quantitative estimate of drug-likeness (QED) is 0.384. The minimum atomic E-state index is 1.18. The summed E-state index contributed by atoms with van der Waals surface area (Å²) < 4.78 is 0. The maximum atomic E-state index is 2.42. The molecule has 0 heteroatoms. The predicted octanol–water partition coefficient (Wildman–Crippen LogP) is 7.54. The van der Waals surface area contributed by atoms with E-state index in [1.165, 1.54) is 66.4 Å². The van der Waals surface area contributed by atoms with Gasteiger partial charge in [-0.1, -0.05) is 46.1 Å². The van der Waals surface area contributed by atoms with Gasteiger partial charge in [0.25, 0.3) is 0 Å². The van der Waals surface area contributed by atoms with Gasteiger partial charge in [0.2, 0.25) is 0 Å². The second-order valence-electron chi connectivity index (χ2n) is 6.78. The summed E-state index contributed by atoms with van der Waals surface area (Å²) in [7, 11) is 0. The highest BCUT2D eigenvalue weighted by molar-refractivity contribution is 5.09. The van der Waals surface area contributed by atoms with E-state index in [1.54, 1.807) is 0 Å². The fourth-order valence-electron chi connectivity index (χ4n) is 2.12. The van der Waals surface area contributed by atoms with Crippen molar-refractivity contribution in [1.82, 2.24) is 0 Å². The van der Waals surface area contributed by atoms with Crippen molar-refractivity contribution in [3.05, 3.63) is 46.1 Å². The van der Waals surface area contributed by atoms with Crippen LogP contribution in [0.3, 0.4) is 0 Å². The third-order valence-electron chi connectivity index (χ3n) is 3.99. The molecule has 0 heterocycles. The van der Waals surface area contributed by atoms with Crippen LogP contribution in [0.5, 0.6) is 0 Å². The van der Waals surface area contributed by atoms with Crippen LogP contribution in [-0.2, 0) is 0 Å². The van der Waals surface area contributed by atoms with Crippen LogP contribution >= 0.6 is 0 Å². The SMILES string of the molecule is CC(C)=CCC/C(C)=C/CC/C(C)=C/CCC(C)=C(C)C. The summed E-state index contributed by atoms with van der Waals surface area (Å²) >= 11 is 0. The molecule has 0 N–H and O–H groups in total. The Balaban J connectivity index is 3.99. The van der Waals surface area contributed by atoms with E-state index in [-0.39, 0.29) is 0 Å². The van der Waals surface area contributed by atoms with Crippen LogP contribution in [0.15, 0.2) is 46.1 Å². The zero-order chi connectivity index (χ0) is 16.3. The fraction of sp³-hybridized carbons (Fsp3) is 0.619. The Morgan fingerprint density at radius 1 is 0.571 bits per heavy atom. The Morgan fingerprint density at radius 3 is 1.43 bits per heavy atom. The molecule has 0 amide bonds. The van der Waals surface area contributed by atoms with Crippen molar-refractivity contribution in [3.63, 3.8) is 0 Å². The summed E-state index contributed by atoms with van der Waals surface area (Å²) in [4.78, 5) is 0. The van der Waals surface area contributed by atoms with Crippen LogP contribution in [0.25, 0.3) is 0 Å². The van der Waals surface area contributed by atoms with E-state index in [1.807, 2.05) is 0 Å². The maximum Gasteiger partial charge on any atom is -0.0286 e. The van der Waals surface area contributed by atoms with Gasteiger partial charge in [0.15, 0.2) is 0 Å². The van der Waals surface area contributed by atoms with Gasteiger partial charge in [-0.05, 0) is 87.0 Å². The first-order valence-corrected chi connectivity index (χ1v) is 8.40. The van der Waals surface area contributed by atoms with E-state index in [2.05, 4.69) is 66.7 Å². The molecular formula is C21H36. The molecule has 0 aromatic heterocycles. The van der Waals surface area contributed by atoms with E-state index in [0.717, 1.165) is 0 Å². The molecule has 0 aromatic carbocycles. The van der Waals surface area contributed by atoms with Crippen molar-refractivity contribution in [2.24, 2.45) is 0 Å². The first kappa shape index (κ1) is 20.0. The average Bonchev–Trinajstić information content (AvgIpc) is 2.37. The van der Waals surface area contributed by atoms with E-state index in [0.29, 0.717) is 0 Å². The number of allylic oxidation sites excluding steroid dienone is 8. The second kappa shape index (κ2) is 11.6. The van der Waals surface area contributed by atoms with E-state index < -0.39 is 0 Å². The largest absolute Gasteiger partial charge is 0.0856 e. The molecule has 0 nitrogen and oxygen atoms in total. The third-order valence-corrected chi connectivity index (χ3v) is 3.99. The van der Waals surface area contributed by atoms with Crippen molar-refractivity contribution >= 4 is 0 Å². The lowest BCUT2D eigenvalue weighted by Crippen LogP contribution is -1.83. The summed E-state index contributed by atoms with van der Waals surface area (Å²) in [5.41, 5.74) is 7.49. The normalized spacial score (nSPS) is 12.3. The molecule has 0 unspecified atom stereocenters. The molecule has 0 aliphatic heterocycles. The van der Waals surface area contributed by atoms with Gasteiger partial charge in [-0.3, -0.25) is 0 Å². The van der Waals surface area contributed by atoms with Gasteiger partial charge in [0, 0.05) is 0 Å². The molecule has 0 saturated carbocycles. The van der Waals surface area contributed by atoms with Crippen molar-refractivity contribution < 1.29 is 0 Å². The van der Waals surface area contributed by atoms with Gasteiger partial charge in [-0.25, -0.2) is 0 Å². The number of rotatable bonds is 9. The van der Waals surface area contributed by atoms with Crippen LogP contribution in [-0.4, -0.2) is 0 Å². The maximum absolute atomic E-state index is 2.42. The van der Waals surface area contributed by atoms with Gasteiger partial charge in [0.05, 0.1) is 0 Å². The molecule has 0 aliphatic rings. The smallest absolute Gasteiger partial charge is 0.0286 e. The topological polar surface area (TPSA) is 0 Å². The summed E-state index contributed by atoms with van der Waals surface area (Å²) in [5, 5.41) is 0. The van der Waals surface area contributed by atoms with Gasteiger partial charge in [-0.15, -0.1) is 0 Å². The molecule has 0 spiro atoms. The minimum absolute atomic E-state index is 1.18. The lowest BCUT2D eigenvalue weighted by Gasteiger charge is -2.03. The Kier molecular flexibility index (Phi) is 11.0. The van der Waals surface area contributed by atoms with Crippen molar-refractivity contribution in [2.75, 3.05) is 0 Å². The van der Waals surface area contributed by atoms with Crippen LogP contribution in [0.4, 0.5) is 0 Å². The van der Waals surface area contributed by atoms with E-state index >= 15 is 0 Å². The third kappa shape index (κ3) is 12.4. The highest BCUT2D eigenvalue weighted by atomic mass is 14.0. The highest BCUT2D eigenvalue weighted by Gasteiger charge is 1.94. The fourth-order valence-corrected chi connectivity index (χ4v) is 2.12. The Hall–Kier alpha value is -1.04. The van der Waals surface area contributed by atoms with Crippen LogP contribution in [0, 0.1) is 0 Å². The van der Waals surface area contributed by atoms with Gasteiger partial charge >= 0.3 is 0 Å². The summed E-state index contributed by atoms with van der Waals surface area (Å²) in [6, 6.07) is 0. The zero-order valence-electron chi connectivity index (χ0n) is 15.5. The molecule has 0 atom stereocenters. The van der Waals surface area contributed by atoms with Crippen molar-refractivity contribution in [2.45, 2.75) is 87.0 Å². The van der Waals surface area contributed by atoms with Crippen molar-refractivity contribution in [3.8, 4) is 0 Å². The number of hydrogen-bond acceptors (Lipinski definition) is 0. The predicted molar refractivity (Wildman–Crippen MR) is 98.7 cm³/mol. The average molecular weight is 289 g/mol. The molecular weight excluding hydrogens is 252 g/mol. The van der Waals surface area contributed by atoms with E-state index in [9.17, 15) is 0 Å². The minimum Gasteiger partial charge on any atom is -0.0856 e. The molecule has 120 valence electrons. The lowest BCUT2D eigenvalue weighted by atomic mass is 10.0. The van der Waals surface area contributed by atoms with Crippen LogP contribution in [0.2, 0.25) is 0 Å². The molecule has 0 aliphatic carbocycles. The summed E-state index contributed by atoms with van der Waals surface area (Å²) in [6.07, 6.45) is 14.3. The molecule has 21 heavy (non-hydrogen) atoms. The standard InChI is InChI=1S/C21H36/c1-17(2)11-8-12-19(5)13-9-14-20(6)15-10-16-21(7)18(3)4/h11,13,15H,8-10,12,14,16H2,1-7H3/b19-13+,20-15+. The summed E-state index contributed by atoms with van der Waals surface area (Å²) in [5.74, 6) is 0. The molecule has 0 saturated heterocycles. The van der Waals surface area contributed by atoms with Crippen molar-refractivity contribution in [1.29, 1.82) is 0 Å². The Bertz CT molecular complexity index is 405. The first-order chi connectivity index (χ1) is 9.82. The van der Waals surface area contributed by atoms with E-state index in [4.69, 9.17) is 0 Å². The molecule has 0 fully saturated rings. The molecule has 0 rings (SSSR count). The Morgan fingerprint density at radius 2 is 1.00 bits per heavy atom. The molecule has 0 bridgehead atoms.